The molecule has 4 atom stereocenters. The number of fused-ring (bicyclic) bond motifs is 2. The van der Waals surface area contributed by atoms with Gasteiger partial charge < -0.3 is 15.3 Å². The summed E-state index contributed by atoms with van der Waals surface area (Å²) >= 11 is 0. The summed E-state index contributed by atoms with van der Waals surface area (Å²) in [5, 5.41) is 31.7. The zero-order valence-electron chi connectivity index (χ0n) is 27.9. The number of aromatic hydroxyl groups is 2. The second-order valence-corrected chi connectivity index (χ2v) is 14.3. The maximum atomic E-state index is 15.2. The zero-order chi connectivity index (χ0) is 33.4. The third kappa shape index (κ3) is 6.00. The molecule has 3 N–H and O–H groups in total. The van der Waals surface area contributed by atoms with Crippen molar-refractivity contribution in [2.24, 2.45) is 28.1 Å². The Kier molecular flexibility index (Phi) is 10.1. The van der Waals surface area contributed by atoms with Crippen LogP contribution in [0.25, 0.3) is 5.76 Å². The summed E-state index contributed by atoms with van der Waals surface area (Å²) in [7, 11) is 0. The number of carbonyl (C=O) groups excluding carboxylic acids is 3. The van der Waals surface area contributed by atoms with Crippen LogP contribution >= 0.6 is 0 Å². The highest BCUT2D eigenvalue weighted by Crippen LogP contribution is 2.66. The standard InChI is InChI=1S/C38H50O6/c1-22(2)11-13-27(25(7)8)20-37-21-28(15-12-23(3)4)36(9,10)38(35(37)44,18-17-24(5)6)34(43)31(33(37)42)32(41)26-14-16-29(39)30(40)19-26/h11-12,14,16-17,19,27-28,39-41H,7,13,15,18,20-21H2,1-6,8-10H3/b32-31-/t27-,28-,37-,38+/m0/s1. The monoisotopic (exact) mass is 602 g/mol. The molecule has 0 aromatic heterocycles. The normalized spacial score (nSPS) is 26.0. The van der Waals surface area contributed by atoms with Crippen LogP contribution < -0.4 is 0 Å². The van der Waals surface area contributed by atoms with Gasteiger partial charge in [-0.1, -0.05) is 60.9 Å². The third-order valence-corrected chi connectivity index (χ3v) is 10.0. The van der Waals surface area contributed by atoms with Gasteiger partial charge in [-0.15, -0.1) is 0 Å². The first-order chi connectivity index (χ1) is 20.3. The first-order valence-electron chi connectivity index (χ1n) is 15.5. The molecule has 2 aliphatic rings. The Morgan fingerprint density at radius 3 is 2.02 bits per heavy atom. The first kappa shape index (κ1) is 34.8. The Bertz CT molecular complexity index is 1490. The highest BCUT2D eigenvalue weighted by molar-refractivity contribution is 6.41. The van der Waals surface area contributed by atoms with Gasteiger partial charge in [-0.25, -0.2) is 0 Å². The van der Waals surface area contributed by atoms with E-state index in [-0.39, 0.29) is 42.4 Å². The molecule has 6 nitrogen and oxygen atoms in total. The van der Waals surface area contributed by atoms with Crippen LogP contribution in [0.4, 0.5) is 0 Å². The van der Waals surface area contributed by atoms with Crippen molar-refractivity contribution in [1.29, 1.82) is 0 Å². The molecule has 1 aromatic carbocycles. The number of aliphatic hydroxyl groups excluding tert-OH is 1. The quantitative estimate of drug-likeness (QED) is 0.0616. The minimum atomic E-state index is -1.62. The van der Waals surface area contributed by atoms with Gasteiger partial charge in [0.25, 0.3) is 0 Å². The minimum Gasteiger partial charge on any atom is -0.506 e. The van der Waals surface area contributed by atoms with Crippen molar-refractivity contribution in [3.63, 3.8) is 0 Å². The van der Waals surface area contributed by atoms with E-state index in [2.05, 4.69) is 18.7 Å². The van der Waals surface area contributed by atoms with Crippen molar-refractivity contribution in [3.8, 4) is 11.5 Å². The van der Waals surface area contributed by atoms with Gasteiger partial charge in [0, 0.05) is 5.56 Å². The van der Waals surface area contributed by atoms with E-state index in [1.54, 1.807) is 0 Å². The van der Waals surface area contributed by atoms with E-state index in [9.17, 15) is 24.9 Å². The molecule has 0 amide bonds. The molecule has 2 fully saturated rings. The Labute approximate surface area is 263 Å². The van der Waals surface area contributed by atoms with E-state index in [0.29, 0.717) is 12.8 Å². The molecule has 0 saturated heterocycles. The second kappa shape index (κ2) is 12.7. The van der Waals surface area contributed by atoms with Crippen LogP contribution in [-0.2, 0) is 14.4 Å². The van der Waals surface area contributed by atoms with Crippen molar-refractivity contribution < 1.29 is 29.7 Å². The summed E-state index contributed by atoms with van der Waals surface area (Å²) in [6, 6.07) is 3.65. The predicted molar refractivity (Wildman–Crippen MR) is 176 cm³/mol. The summed E-state index contributed by atoms with van der Waals surface area (Å²) in [5.41, 5.74) is -0.453. The number of aliphatic hydroxyl groups is 1. The largest absolute Gasteiger partial charge is 0.506 e. The topological polar surface area (TPSA) is 112 Å². The molecule has 2 bridgehead atoms. The predicted octanol–water partition coefficient (Wildman–Crippen LogP) is 8.76. The number of hydrogen-bond acceptors (Lipinski definition) is 6. The third-order valence-electron chi connectivity index (χ3n) is 10.0. The molecule has 0 spiro atoms. The minimum absolute atomic E-state index is 0.0110. The Hall–Kier alpha value is -3.67. The molecular weight excluding hydrogens is 552 g/mol. The fourth-order valence-corrected chi connectivity index (χ4v) is 7.08. The van der Waals surface area contributed by atoms with Gasteiger partial charge in [0.15, 0.2) is 28.8 Å². The Morgan fingerprint density at radius 2 is 1.50 bits per heavy atom. The van der Waals surface area contributed by atoms with Gasteiger partial charge >= 0.3 is 0 Å². The first-order valence-corrected chi connectivity index (χ1v) is 15.5. The average Bonchev–Trinajstić information content (AvgIpc) is 2.91. The molecule has 2 saturated carbocycles. The number of carbonyl (C=O) groups is 3. The molecular formula is C38H50O6. The van der Waals surface area contributed by atoms with E-state index in [1.165, 1.54) is 12.1 Å². The lowest BCUT2D eigenvalue weighted by atomic mass is 9.38. The van der Waals surface area contributed by atoms with E-state index >= 15 is 4.79 Å². The van der Waals surface area contributed by atoms with Crippen LogP contribution in [0, 0.1) is 28.1 Å². The lowest BCUT2D eigenvalue weighted by molar-refractivity contribution is -0.177. The number of phenolic OH excluding ortho intramolecular Hbond substituents is 2. The molecule has 44 heavy (non-hydrogen) atoms. The molecule has 0 heterocycles. The molecule has 0 radical (unpaired) electrons. The summed E-state index contributed by atoms with van der Waals surface area (Å²) in [6.45, 7) is 21.9. The van der Waals surface area contributed by atoms with E-state index in [0.717, 1.165) is 28.4 Å². The highest BCUT2D eigenvalue weighted by Gasteiger charge is 2.74. The highest BCUT2D eigenvalue weighted by atomic mass is 16.3. The number of hydrogen-bond donors (Lipinski definition) is 3. The molecule has 1 aromatic rings. The van der Waals surface area contributed by atoms with Crippen LogP contribution in [0.3, 0.4) is 0 Å². The smallest absolute Gasteiger partial charge is 0.184 e. The van der Waals surface area contributed by atoms with Crippen LogP contribution in [0.15, 0.2) is 70.9 Å². The lowest BCUT2D eigenvalue weighted by Gasteiger charge is -2.60. The summed E-state index contributed by atoms with van der Waals surface area (Å²) in [6.07, 6.45) is 7.79. The molecule has 238 valence electrons. The maximum absolute atomic E-state index is 15.2. The van der Waals surface area contributed by atoms with E-state index < -0.39 is 50.6 Å². The van der Waals surface area contributed by atoms with Crippen LogP contribution in [0.2, 0.25) is 0 Å². The van der Waals surface area contributed by atoms with Gasteiger partial charge in [0.1, 0.15) is 16.7 Å². The molecule has 3 rings (SSSR count). The summed E-state index contributed by atoms with van der Waals surface area (Å²) in [4.78, 5) is 44.9. The molecule has 0 unspecified atom stereocenters. The van der Waals surface area contributed by atoms with Crippen molar-refractivity contribution in [2.45, 2.75) is 94.4 Å². The molecule has 6 heteroatoms. The van der Waals surface area contributed by atoms with Crippen molar-refractivity contribution >= 4 is 23.1 Å². The van der Waals surface area contributed by atoms with Crippen molar-refractivity contribution in [3.05, 3.63) is 76.4 Å². The maximum Gasteiger partial charge on any atom is 0.184 e. The molecule has 2 aliphatic carbocycles. The fraction of sp³-hybridized carbons (Fsp3) is 0.500. The number of rotatable bonds is 10. The summed E-state index contributed by atoms with van der Waals surface area (Å²) in [5.74, 6) is -3.61. The zero-order valence-corrected chi connectivity index (χ0v) is 27.9. The van der Waals surface area contributed by atoms with Crippen LogP contribution in [0.5, 0.6) is 11.5 Å². The van der Waals surface area contributed by atoms with Gasteiger partial charge in [0.2, 0.25) is 0 Å². The van der Waals surface area contributed by atoms with Crippen molar-refractivity contribution in [2.75, 3.05) is 0 Å². The van der Waals surface area contributed by atoms with Crippen LogP contribution in [0.1, 0.15) is 100.0 Å². The van der Waals surface area contributed by atoms with Gasteiger partial charge in [0.05, 0.1) is 5.41 Å². The van der Waals surface area contributed by atoms with Gasteiger partial charge in [-0.3, -0.25) is 14.4 Å². The SMILES string of the molecule is C=C(C)[C@@H](CC=C(C)C)C[C@]12C[C@H](CC=C(C)C)C(C)(C)[C@](CC=C(C)C)(C(=O)/C(=C(\O)c3ccc(O)c(O)c3)C1=O)C2=O. The van der Waals surface area contributed by atoms with E-state index in [4.69, 9.17) is 0 Å². The van der Waals surface area contributed by atoms with E-state index in [1.807, 2.05) is 68.4 Å². The number of ketones is 3. The van der Waals surface area contributed by atoms with Crippen LogP contribution in [-0.4, -0.2) is 32.7 Å². The van der Waals surface area contributed by atoms with Crippen molar-refractivity contribution in [1.82, 2.24) is 0 Å². The number of allylic oxidation sites excluding steroid dienone is 8. The van der Waals surface area contributed by atoms with Gasteiger partial charge in [-0.2, -0.15) is 0 Å². The number of benzene rings is 1. The number of phenols is 2. The summed E-state index contributed by atoms with van der Waals surface area (Å²) < 4.78 is 0. The second-order valence-electron chi connectivity index (χ2n) is 14.3. The fourth-order valence-electron chi connectivity index (χ4n) is 7.08. The Morgan fingerprint density at radius 1 is 0.909 bits per heavy atom. The van der Waals surface area contributed by atoms with Gasteiger partial charge in [-0.05, 0) is 116 Å². The number of Topliss-reactive ketones (excluding diaryl/α,β-unsaturated/α-hetero) is 3. The lowest BCUT2D eigenvalue weighted by Crippen LogP contribution is -2.69. The molecule has 0 aliphatic heterocycles. The Balaban J connectivity index is 2.47. The average molecular weight is 603 g/mol.